The third kappa shape index (κ3) is 3.37. The highest BCUT2D eigenvalue weighted by molar-refractivity contribution is 7.14. The van der Waals surface area contributed by atoms with Gasteiger partial charge in [-0.3, -0.25) is 10.1 Å². The van der Waals surface area contributed by atoms with Crippen LogP contribution in [0.1, 0.15) is 18.4 Å². The van der Waals surface area contributed by atoms with Crippen LogP contribution < -0.4 is 5.32 Å². The normalized spacial score (nSPS) is 10.8. The fourth-order valence-electron chi connectivity index (χ4n) is 1.68. The van der Waals surface area contributed by atoms with Gasteiger partial charge < -0.3 is 5.32 Å². The SMILES string of the molecule is CCCNCc1nnc(-c2c(F)ccc([N+](=O)[O-])c2F)s1. The first-order valence-electron chi connectivity index (χ1n) is 6.20. The number of rotatable bonds is 6. The number of hydrogen-bond acceptors (Lipinski definition) is 6. The summed E-state index contributed by atoms with van der Waals surface area (Å²) in [7, 11) is 0. The van der Waals surface area contributed by atoms with Crippen molar-refractivity contribution in [3.05, 3.63) is 38.9 Å². The molecule has 0 aliphatic heterocycles. The Labute approximate surface area is 123 Å². The Hall–Kier alpha value is -2.00. The molecule has 0 spiro atoms. The van der Waals surface area contributed by atoms with Crippen LogP contribution in [0, 0.1) is 21.7 Å². The van der Waals surface area contributed by atoms with Crippen LogP contribution in [0.15, 0.2) is 12.1 Å². The number of nitrogens with zero attached hydrogens (tertiary/aromatic N) is 3. The molecule has 1 aromatic carbocycles. The maximum Gasteiger partial charge on any atom is 0.305 e. The topological polar surface area (TPSA) is 81.0 Å². The van der Waals surface area contributed by atoms with Crippen molar-refractivity contribution in [1.82, 2.24) is 15.5 Å². The van der Waals surface area contributed by atoms with Gasteiger partial charge >= 0.3 is 5.69 Å². The summed E-state index contributed by atoms with van der Waals surface area (Å²) in [6.45, 7) is 3.23. The number of halogens is 2. The molecule has 1 heterocycles. The Bertz CT molecular complexity index is 663. The highest BCUT2D eigenvalue weighted by Crippen LogP contribution is 2.33. The second-order valence-electron chi connectivity index (χ2n) is 4.19. The van der Waals surface area contributed by atoms with Gasteiger partial charge in [-0.2, -0.15) is 4.39 Å². The molecular formula is C12H12F2N4O2S. The lowest BCUT2D eigenvalue weighted by Crippen LogP contribution is -2.13. The van der Waals surface area contributed by atoms with Gasteiger partial charge in [-0.05, 0) is 19.0 Å². The molecule has 0 aliphatic carbocycles. The molecule has 0 saturated carbocycles. The number of benzene rings is 1. The zero-order valence-corrected chi connectivity index (χ0v) is 11.9. The molecule has 2 rings (SSSR count). The van der Waals surface area contributed by atoms with E-state index in [-0.39, 0.29) is 5.01 Å². The molecule has 0 bridgehead atoms. The lowest BCUT2D eigenvalue weighted by molar-refractivity contribution is -0.387. The molecule has 0 amide bonds. The van der Waals surface area contributed by atoms with Crippen molar-refractivity contribution in [2.75, 3.05) is 6.54 Å². The summed E-state index contributed by atoms with van der Waals surface area (Å²) in [5.74, 6) is -2.13. The van der Waals surface area contributed by atoms with Gasteiger partial charge in [-0.15, -0.1) is 10.2 Å². The van der Waals surface area contributed by atoms with Crippen LogP contribution in [0.25, 0.3) is 10.6 Å². The van der Waals surface area contributed by atoms with Crippen molar-refractivity contribution in [3.63, 3.8) is 0 Å². The Morgan fingerprint density at radius 3 is 2.81 bits per heavy atom. The number of hydrogen-bond donors (Lipinski definition) is 1. The van der Waals surface area contributed by atoms with E-state index in [1.54, 1.807) is 0 Å². The van der Waals surface area contributed by atoms with Gasteiger partial charge in [-0.25, -0.2) is 4.39 Å². The lowest BCUT2D eigenvalue weighted by Gasteiger charge is -2.01. The van der Waals surface area contributed by atoms with Crippen LogP contribution in [-0.2, 0) is 6.54 Å². The molecule has 1 aromatic heterocycles. The van der Waals surface area contributed by atoms with Gasteiger partial charge in [0.2, 0.25) is 5.82 Å². The molecule has 0 aliphatic rings. The van der Waals surface area contributed by atoms with E-state index >= 15 is 0 Å². The van der Waals surface area contributed by atoms with E-state index in [1.807, 2.05) is 6.92 Å². The minimum absolute atomic E-state index is 0.0120. The van der Waals surface area contributed by atoms with Crippen LogP contribution in [-0.4, -0.2) is 21.7 Å². The van der Waals surface area contributed by atoms with E-state index in [4.69, 9.17) is 0 Å². The number of nitrogens with one attached hydrogen (secondary N) is 1. The van der Waals surface area contributed by atoms with Crippen molar-refractivity contribution < 1.29 is 13.7 Å². The van der Waals surface area contributed by atoms with E-state index in [9.17, 15) is 18.9 Å². The Morgan fingerprint density at radius 2 is 2.14 bits per heavy atom. The summed E-state index contributed by atoms with van der Waals surface area (Å²) in [5.41, 5.74) is -1.30. The molecule has 0 fully saturated rings. The first-order valence-corrected chi connectivity index (χ1v) is 7.02. The maximum absolute atomic E-state index is 14.0. The molecule has 0 unspecified atom stereocenters. The number of nitro groups is 1. The van der Waals surface area contributed by atoms with Gasteiger partial charge in [-0.1, -0.05) is 18.3 Å². The van der Waals surface area contributed by atoms with Crippen molar-refractivity contribution in [1.29, 1.82) is 0 Å². The minimum Gasteiger partial charge on any atom is -0.310 e. The Balaban J connectivity index is 2.33. The third-order valence-corrected chi connectivity index (χ3v) is 3.59. The van der Waals surface area contributed by atoms with Crippen LogP contribution in [0.5, 0.6) is 0 Å². The zero-order valence-electron chi connectivity index (χ0n) is 11.1. The van der Waals surface area contributed by atoms with Gasteiger partial charge in [0, 0.05) is 12.6 Å². The average molecular weight is 314 g/mol. The highest BCUT2D eigenvalue weighted by Gasteiger charge is 2.24. The first kappa shape index (κ1) is 15.4. The molecule has 0 atom stereocenters. The molecule has 2 aromatic rings. The van der Waals surface area contributed by atoms with Gasteiger partial charge in [0.15, 0.2) is 5.01 Å². The van der Waals surface area contributed by atoms with Crippen molar-refractivity contribution in [2.45, 2.75) is 19.9 Å². The fraction of sp³-hybridized carbons (Fsp3) is 0.333. The summed E-state index contributed by atoms with van der Waals surface area (Å²) in [6.07, 6.45) is 0.944. The quantitative estimate of drug-likeness (QED) is 0.504. The maximum atomic E-state index is 14.0. The molecule has 6 nitrogen and oxygen atoms in total. The van der Waals surface area contributed by atoms with Crippen molar-refractivity contribution in [2.24, 2.45) is 0 Å². The van der Waals surface area contributed by atoms with Crippen LogP contribution >= 0.6 is 11.3 Å². The lowest BCUT2D eigenvalue weighted by atomic mass is 10.2. The van der Waals surface area contributed by atoms with E-state index in [1.165, 1.54) is 0 Å². The predicted molar refractivity (Wildman–Crippen MR) is 73.9 cm³/mol. The molecule has 0 radical (unpaired) electrons. The van der Waals surface area contributed by atoms with E-state index in [2.05, 4.69) is 15.5 Å². The minimum atomic E-state index is -1.23. The smallest absolute Gasteiger partial charge is 0.305 e. The number of aromatic nitrogens is 2. The van der Waals surface area contributed by atoms with Gasteiger partial charge in [0.1, 0.15) is 10.8 Å². The number of nitro benzene ring substituents is 1. The van der Waals surface area contributed by atoms with E-state index in [0.29, 0.717) is 11.6 Å². The molecule has 21 heavy (non-hydrogen) atoms. The summed E-state index contributed by atoms with van der Waals surface area (Å²) >= 11 is 0.998. The van der Waals surface area contributed by atoms with E-state index < -0.39 is 27.8 Å². The molecule has 112 valence electrons. The third-order valence-electron chi connectivity index (χ3n) is 2.65. The van der Waals surface area contributed by atoms with Gasteiger partial charge in [0.25, 0.3) is 0 Å². The molecular weight excluding hydrogens is 302 g/mol. The fourth-order valence-corrected chi connectivity index (χ4v) is 2.53. The summed E-state index contributed by atoms with van der Waals surface area (Å²) in [4.78, 5) is 9.80. The molecule has 9 heteroatoms. The standard InChI is InChI=1S/C12H12F2N4O2S/c1-2-5-15-6-9-16-17-12(21-9)10-7(13)3-4-8(11(10)14)18(19)20/h3-4,15H,2,5-6H2,1H3. The monoisotopic (exact) mass is 314 g/mol. The Morgan fingerprint density at radius 1 is 1.38 bits per heavy atom. The van der Waals surface area contributed by atoms with Crippen LogP contribution in [0.2, 0.25) is 0 Å². The first-order chi connectivity index (χ1) is 10.0. The Kier molecular flexibility index (Phi) is 4.86. The second kappa shape index (κ2) is 6.64. The molecule has 0 saturated heterocycles. The zero-order chi connectivity index (χ0) is 15.4. The van der Waals surface area contributed by atoms with Crippen LogP contribution in [0.3, 0.4) is 0 Å². The van der Waals surface area contributed by atoms with Crippen LogP contribution in [0.4, 0.5) is 14.5 Å². The predicted octanol–water partition coefficient (Wildman–Crippen LogP) is 2.89. The largest absolute Gasteiger partial charge is 0.310 e. The van der Waals surface area contributed by atoms with Gasteiger partial charge in [0.05, 0.1) is 10.5 Å². The summed E-state index contributed by atoms with van der Waals surface area (Å²) < 4.78 is 27.8. The van der Waals surface area contributed by atoms with Crippen molar-refractivity contribution >= 4 is 17.0 Å². The summed E-state index contributed by atoms with van der Waals surface area (Å²) in [5, 5.41) is 21.9. The highest BCUT2D eigenvalue weighted by atomic mass is 32.1. The molecule has 1 N–H and O–H groups in total. The average Bonchev–Trinajstić information content (AvgIpc) is 2.87. The van der Waals surface area contributed by atoms with Crippen molar-refractivity contribution in [3.8, 4) is 10.6 Å². The summed E-state index contributed by atoms with van der Waals surface area (Å²) in [6, 6.07) is 1.64. The second-order valence-corrected chi connectivity index (χ2v) is 5.25. The van der Waals surface area contributed by atoms with E-state index in [0.717, 1.165) is 36.4 Å².